The number of hydrogen-bond donors (Lipinski definition) is 2. The van der Waals surface area contributed by atoms with Gasteiger partial charge in [-0.1, -0.05) is 64.5 Å². The molecule has 4 aromatic rings. The van der Waals surface area contributed by atoms with Crippen LogP contribution in [0.2, 0.25) is 0 Å². The number of benzene rings is 3. The number of halogens is 1. The molecule has 2 amide bonds. The van der Waals surface area contributed by atoms with Gasteiger partial charge in [-0.15, -0.1) is 0 Å². The van der Waals surface area contributed by atoms with Gasteiger partial charge in [0, 0.05) is 27.5 Å². The Kier molecular flexibility index (Phi) is 6.52. The maximum atomic E-state index is 12.1. The molecular formula is C24H18BrN5O2. The lowest BCUT2D eigenvalue weighted by atomic mass is 10.1. The number of amides is 2. The van der Waals surface area contributed by atoms with E-state index in [1.54, 1.807) is 28.9 Å². The Morgan fingerprint density at radius 1 is 0.875 bits per heavy atom. The van der Waals surface area contributed by atoms with Crippen molar-refractivity contribution in [3.63, 3.8) is 0 Å². The lowest BCUT2D eigenvalue weighted by Crippen LogP contribution is -2.32. The number of nitrogens with one attached hydrogen (secondary N) is 2. The predicted octanol–water partition coefficient (Wildman–Crippen LogP) is 4.39. The first-order valence-electron chi connectivity index (χ1n) is 9.70. The fourth-order valence-electron chi connectivity index (χ4n) is 2.95. The number of anilines is 1. The number of hydrazone groups is 1. The van der Waals surface area contributed by atoms with Gasteiger partial charge in [-0.25, -0.2) is 10.1 Å². The highest BCUT2D eigenvalue weighted by Crippen LogP contribution is 2.24. The molecule has 32 heavy (non-hydrogen) atoms. The van der Waals surface area contributed by atoms with Crippen molar-refractivity contribution in [3.8, 4) is 16.9 Å². The topological polar surface area (TPSA) is 88.4 Å². The van der Waals surface area contributed by atoms with E-state index in [9.17, 15) is 9.59 Å². The van der Waals surface area contributed by atoms with E-state index in [1.807, 2.05) is 66.9 Å². The van der Waals surface area contributed by atoms with Crippen molar-refractivity contribution >= 4 is 39.6 Å². The molecule has 3 aromatic carbocycles. The second-order valence-corrected chi connectivity index (χ2v) is 7.66. The normalized spacial score (nSPS) is 10.8. The van der Waals surface area contributed by atoms with Crippen LogP contribution in [0.25, 0.3) is 16.9 Å². The molecule has 158 valence electrons. The molecule has 0 bridgehead atoms. The van der Waals surface area contributed by atoms with E-state index in [1.165, 1.54) is 6.21 Å². The predicted molar refractivity (Wildman–Crippen MR) is 128 cm³/mol. The summed E-state index contributed by atoms with van der Waals surface area (Å²) in [5, 5.41) is 11.2. The number of aromatic nitrogens is 2. The number of hydrogen-bond acceptors (Lipinski definition) is 4. The van der Waals surface area contributed by atoms with Gasteiger partial charge in [0.25, 0.3) is 0 Å². The smallest absolute Gasteiger partial charge is 0.318 e. The first-order chi connectivity index (χ1) is 15.6. The monoisotopic (exact) mass is 487 g/mol. The third-order valence-corrected chi connectivity index (χ3v) is 5.02. The molecule has 0 aliphatic heterocycles. The third-order valence-electron chi connectivity index (χ3n) is 4.49. The van der Waals surface area contributed by atoms with Crippen LogP contribution in [0.1, 0.15) is 5.56 Å². The number of nitrogens with zero attached hydrogens (tertiary/aromatic N) is 3. The van der Waals surface area contributed by atoms with Crippen LogP contribution in [0.3, 0.4) is 0 Å². The number of carbonyl (C=O) groups is 2. The van der Waals surface area contributed by atoms with E-state index >= 15 is 0 Å². The molecule has 0 saturated carbocycles. The molecule has 0 spiro atoms. The Labute approximate surface area is 192 Å². The summed E-state index contributed by atoms with van der Waals surface area (Å²) < 4.78 is 2.69. The van der Waals surface area contributed by atoms with Crippen molar-refractivity contribution in [1.82, 2.24) is 15.2 Å². The summed E-state index contributed by atoms with van der Waals surface area (Å²) in [7, 11) is 0. The van der Waals surface area contributed by atoms with Crippen molar-refractivity contribution in [2.24, 2.45) is 5.10 Å². The number of rotatable bonds is 5. The first-order valence-corrected chi connectivity index (χ1v) is 10.5. The van der Waals surface area contributed by atoms with Crippen LogP contribution < -0.4 is 10.7 Å². The molecule has 0 atom stereocenters. The summed E-state index contributed by atoms with van der Waals surface area (Å²) in [6.07, 6.45) is 3.28. The van der Waals surface area contributed by atoms with Crippen LogP contribution in [-0.4, -0.2) is 27.8 Å². The van der Waals surface area contributed by atoms with Crippen molar-refractivity contribution < 1.29 is 9.59 Å². The van der Waals surface area contributed by atoms with Crippen LogP contribution in [0.5, 0.6) is 0 Å². The molecule has 1 aromatic heterocycles. The quantitative estimate of drug-likeness (QED) is 0.248. The minimum absolute atomic E-state index is 0.526. The van der Waals surface area contributed by atoms with Gasteiger partial charge >= 0.3 is 11.8 Å². The Morgan fingerprint density at radius 3 is 2.22 bits per heavy atom. The zero-order valence-electron chi connectivity index (χ0n) is 16.8. The summed E-state index contributed by atoms with van der Waals surface area (Å²) in [6, 6.07) is 26.1. The Bertz CT molecular complexity index is 1250. The van der Waals surface area contributed by atoms with E-state index in [2.05, 4.69) is 36.9 Å². The summed E-state index contributed by atoms with van der Waals surface area (Å²) in [4.78, 5) is 24.1. The average molecular weight is 488 g/mol. The van der Waals surface area contributed by atoms with E-state index < -0.39 is 11.8 Å². The van der Waals surface area contributed by atoms with Crippen LogP contribution in [0.4, 0.5) is 5.69 Å². The summed E-state index contributed by atoms with van der Waals surface area (Å²) >= 11 is 3.44. The van der Waals surface area contributed by atoms with Crippen molar-refractivity contribution in [2.75, 3.05) is 5.32 Å². The van der Waals surface area contributed by atoms with Crippen molar-refractivity contribution in [1.29, 1.82) is 0 Å². The molecule has 8 heteroatoms. The van der Waals surface area contributed by atoms with Crippen molar-refractivity contribution in [2.45, 2.75) is 0 Å². The molecule has 1 heterocycles. The summed E-state index contributed by atoms with van der Waals surface area (Å²) in [5.41, 5.74) is 5.93. The third kappa shape index (κ3) is 5.16. The molecule has 4 rings (SSSR count). The van der Waals surface area contributed by atoms with Crippen molar-refractivity contribution in [3.05, 3.63) is 101 Å². The summed E-state index contributed by atoms with van der Waals surface area (Å²) in [6.45, 7) is 0. The number of carbonyl (C=O) groups excluding carboxylic acids is 2. The number of para-hydroxylation sites is 2. The molecule has 0 aliphatic rings. The minimum Gasteiger partial charge on any atom is -0.318 e. The maximum absolute atomic E-state index is 12.1. The van der Waals surface area contributed by atoms with Gasteiger partial charge < -0.3 is 5.32 Å². The molecule has 0 aliphatic carbocycles. The van der Waals surface area contributed by atoms with Gasteiger partial charge in [-0.05, 0) is 36.4 Å². The van der Waals surface area contributed by atoms with Crippen LogP contribution in [0, 0.1) is 0 Å². The zero-order valence-corrected chi connectivity index (χ0v) is 18.4. The fourth-order valence-corrected chi connectivity index (χ4v) is 3.21. The van der Waals surface area contributed by atoms with E-state index in [0.717, 1.165) is 15.7 Å². The molecule has 0 saturated heterocycles. The molecule has 0 fully saturated rings. The fraction of sp³-hybridized carbons (Fsp3) is 0. The van der Waals surface area contributed by atoms with Gasteiger partial charge in [0.05, 0.1) is 11.9 Å². The minimum atomic E-state index is -0.870. The molecule has 0 unspecified atom stereocenters. The van der Waals surface area contributed by atoms with Gasteiger partial charge in [-0.2, -0.15) is 10.2 Å². The van der Waals surface area contributed by atoms with E-state index in [-0.39, 0.29) is 0 Å². The first kappa shape index (κ1) is 21.2. The Morgan fingerprint density at radius 2 is 1.53 bits per heavy atom. The summed E-state index contributed by atoms with van der Waals surface area (Å²) in [5.74, 6) is -1.67. The zero-order chi connectivity index (χ0) is 22.3. The SMILES string of the molecule is O=C(N/N=C\c1cn(-c2ccccc2)nc1-c1ccc(Br)cc1)C(=O)Nc1ccccc1. The lowest BCUT2D eigenvalue weighted by molar-refractivity contribution is -0.136. The second-order valence-electron chi connectivity index (χ2n) is 6.74. The van der Waals surface area contributed by atoms with Crippen LogP contribution in [0.15, 0.2) is 101 Å². The standard InChI is InChI=1S/C24H18BrN5O2/c25-19-13-11-17(12-14-19)22-18(16-30(29-22)21-9-5-2-6-10-21)15-26-28-24(32)23(31)27-20-7-3-1-4-8-20/h1-16H,(H,27,31)(H,28,32)/b26-15-. The molecular weight excluding hydrogens is 470 g/mol. The van der Waals surface area contributed by atoms with Crippen LogP contribution >= 0.6 is 15.9 Å². The van der Waals surface area contributed by atoms with E-state index in [4.69, 9.17) is 0 Å². The van der Waals surface area contributed by atoms with Crippen LogP contribution in [-0.2, 0) is 9.59 Å². The highest BCUT2D eigenvalue weighted by molar-refractivity contribution is 9.10. The largest absolute Gasteiger partial charge is 0.329 e. The van der Waals surface area contributed by atoms with Gasteiger partial charge in [-0.3, -0.25) is 9.59 Å². The molecule has 2 N–H and O–H groups in total. The average Bonchev–Trinajstić information content (AvgIpc) is 3.25. The maximum Gasteiger partial charge on any atom is 0.329 e. The van der Waals surface area contributed by atoms with Gasteiger partial charge in [0.2, 0.25) is 0 Å². The molecule has 0 radical (unpaired) electrons. The highest BCUT2D eigenvalue weighted by atomic mass is 79.9. The Hall–Kier alpha value is -4.04. The Balaban J connectivity index is 1.54. The van der Waals surface area contributed by atoms with E-state index in [0.29, 0.717) is 16.9 Å². The highest BCUT2D eigenvalue weighted by Gasteiger charge is 2.14. The lowest BCUT2D eigenvalue weighted by Gasteiger charge is -2.03. The van der Waals surface area contributed by atoms with Gasteiger partial charge in [0.15, 0.2) is 0 Å². The second kappa shape index (κ2) is 9.84. The van der Waals surface area contributed by atoms with Gasteiger partial charge in [0.1, 0.15) is 5.69 Å². The molecule has 7 nitrogen and oxygen atoms in total.